The van der Waals surface area contributed by atoms with Crippen LogP contribution in [0.25, 0.3) is 0 Å². The molecule has 0 aliphatic heterocycles. The summed E-state index contributed by atoms with van der Waals surface area (Å²) in [4.78, 5) is 38.0. The van der Waals surface area contributed by atoms with Crippen molar-refractivity contribution in [3.63, 3.8) is 0 Å². The van der Waals surface area contributed by atoms with Crippen LogP contribution in [0.3, 0.4) is 0 Å². The minimum Gasteiger partial charge on any atom is -0.350 e. The summed E-state index contributed by atoms with van der Waals surface area (Å²) < 4.78 is 0. The van der Waals surface area contributed by atoms with E-state index < -0.39 is 10.8 Å². The van der Waals surface area contributed by atoms with Crippen LogP contribution >= 0.6 is 11.6 Å². The van der Waals surface area contributed by atoms with E-state index in [-0.39, 0.29) is 35.5 Å². The number of hydrogen-bond acceptors (Lipinski definition) is 5. The van der Waals surface area contributed by atoms with E-state index in [0.29, 0.717) is 0 Å². The Morgan fingerprint density at radius 3 is 2.57 bits per heavy atom. The fourth-order valence-electron chi connectivity index (χ4n) is 1.29. The number of urea groups is 1. The normalized spacial score (nSPS) is 9.86. The van der Waals surface area contributed by atoms with Crippen molar-refractivity contribution < 1.29 is 14.5 Å². The van der Waals surface area contributed by atoms with Crippen LogP contribution in [-0.4, -0.2) is 53.9 Å². The maximum atomic E-state index is 11.8. The molecule has 0 aliphatic rings. The number of pyridine rings is 1. The molecule has 0 unspecified atom stereocenters. The van der Waals surface area contributed by atoms with Crippen molar-refractivity contribution in [2.45, 2.75) is 0 Å². The van der Waals surface area contributed by atoms with Crippen molar-refractivity contribution in [3.8, 4) is 0 Å². The van der Waals surface area contributed by atoms with Gasteiger partial charge in [0.05, 0.1) is 10.5 Å². The van der Waals surface area contributed by atoms with E-state index in [9.17, 15) is 19.7 Å². The monoisotopic (exact) mass is 315 g/mol. The Balaban J connectivity index is 2.58. The molecule has 0 bridgehead atoms. The molecule has 21 heavy (non-hydrogen) atoms. The second-order valence-corrected chi connectivity index (χ2v) is 4.53. The summed E-state index contributed by atoms with van der Waals surface area (Å²) in [7, 11) is 3.17. The molecule has 0 aliphatic carbocycles. The van der Waals surface area contributed by atoms with Crippen LogP contribution < -0.4 is 10.6 Å². The van der Waals surface area contributed by atoms with Gasteiger partial charge in [-0.2, -0.15) is 0 Å². The number of carbonyl (C=O) groups is 2. The van der Waals surface area contributed by atoms with Crippen LogP contribution in [0.15, 0.2) is 12.3 Å². The Labute approximate surface area is 125 Å². The van der Waals surface area contributed by atoms with E-state index in [1.54, 1.807) is 14.1 Å². The van der Waals surface area contributed by atoms with E-state index in [4.69, 9.17) is 11.6 Å². The number of nitrogens with zero attached hydrogens (tertiary/aromatic N) is 3. The number of nitrogens with one attached hydrogen (secondary N) is 2. The second kappa shape index (κ2) is 7.39. The predicted molar refractivity (Wildman–Crippen MR) is 75.3 cm³/mol. The summed E-state index contributed by atoms with van der Waals surface area (Å²) in [5.74, 6) is -0.602. The summed E-state index contributed by atoms with van der Waals surface area (Å²) in [6.45, 7) is 0.361. The molecule has 1 aromatic heterocycles. The van der Waals surface area contributed by atoms with Gasteiger partial charge in [0.2, 0.25) is 0 Å². The number of halogens is 1. The first-order valence-electron chi connectivity index (χ1n) is 5.86. The standard InChI is InChI=1S/C11H14ClN5O4/c1-16(2)11(19)14-4-3-13-10(18)8-5-7(17(20)21)6-15-9(8)12/h5-6H,3-4H2,1-2H3,(H,13,18)(H,14,19). The topological polar surface area (TPSA) is 117 Å². The van der Waals surface area contributed by atoms with E-state index in [0.717, 1.165) is 12.3 Å². The maximum absolute atomic E-state index is 11.8. The first-order chi connectivity index (χ1) is 9.82. The van der Waals surface area contributed by atoms with Crippen LogP contribution in [0.5, 0.6) is 0 Å². The lowest BCUT2D eigenvalue weighted by Gasteiger charge is -2.12. The third-order valence-corrected chi connectivity index (χ3v) is 2.67. The number of hydrogen-bond donors (Lipinski definition) is 2. The van der Waals surface area contributed by atoms with Gasteiger partial charge in [0.25, 0.3) is 11.6 Å². The largest absolute Gasteiger partial charge is 0.350 e. The fraction of sp³-hybridized carbons (Fsp3) is 0.364. The Hall–Kier alpha value is -2.42. The molecule has 1 heterocycles. The number of rotatable bonds is 5. The number of amides is 3. The molecule has 10 heteroatoms. The van der Waals surface area contributed by atoms with Gasteiger partial charge in [-0.1, -0.05) is 11.6 Å². The molecule has 2 N–H and O–H groups in total. The zero-order valence-corrected chi connectivity index (χ0v) is 12.2. The van der Waals surface area contributed by atoms with Crippen LogP contribution in [0, 0.1) is 10.1 Å². The number of aromatic nitrogens is 1. The van der Waals surface area contributed by atoms with E-state index in [2.05, 4.69) is 15.6 Å². The Morgan fingerprint density at radius 2 is 2.00 bits per heavy atom. The molecular formula is C11H14ClN5O4. The fourth-order valence-corrected chi connectivity index (χ4v) is 1.48. The predicted octanol–water partition coefficient (Wildman–Crippen LogP) is 0.644. The van der Waals surface area contributed by atoms with Crippen LogP contribution in [0.1, 0.15) is 10.4 Å². The average Bonchev–Trinajstić information content (AvgIpc) is 2.43. The minimum absolute atomic E-state index is 0.0928. The molecule has 114 valence electrons. The quantitative estimate of drug-likeness (QED) is 0.358. The van der Waals surface area contributed by atoms with Gasteiger partial charge >= 0.3 is 6.03 Å². The third-order valence-electron chi connectivity index (χ3n) is 2.37. The lowest BCUT2D eigenvalue weighted by molar-refractivity contribution is -0.385. The molecule has 9 nitrogen and oxygen atoms in total. The van der Waals surface area contributed by atoms with Gasteiger partial charge in [0, 0.05) is 33.3 Å². The van der Waals surface area contributed by atoms with Gasteiger partial charge in [0.15, 0.2) is 0 Å². The highest BCUT2D eigenvalue weighted by atomic mass is 35.5. The summed E-state index contributed by atoms with van der Waals surface area (Å²) in [5.41, 5.74) is -0.421. The number of nitro groups is 1. The van der Waals surface area contributed by atoms with Crippen molar-refractivity contribution >= 4 is 29.2 Å². The zero-order chi connectivity index (χ0) is 16.0. The lowest BCUT2D eigenvalue weighted by Crippen LogP contribution is -2.39. The molecular weight excluding hydrogens is 302 g/mol. The molecule has 0 aromatic carbocycles. The van der Waals surface area contributed by atoms with Gasteiger partial charge in [-0.25, -0.2) is 9.78 Å². The highest BCUT2D eigenvalue weighted by Gasteiger charge is 2.16. The Kier molecular flexibility index (Phi) is 5.85. The Morgan fingerprint density at radius 1 is 1.38 bits per heavy atom. The van der Waals surface area contributed by atoms with Crippen molar-refractivity contribution in [1.82, 2.24) is 20.5 Å². The summed E-state index contributed by atoms with van der Waals surface area (Å²) >= 11 is 5.73. The van der Waals surface area contributed by atoms with Gasteiger partial charge in [-0.05, 0) is 0 Å². The van der Waals surface area contributed by atoms with Gasteiger partial charge in [-0.3, -0.25) is 14.9 Å². The van der Waals surface area contributed by atoms with Gasteiger partial charge < -0.3 is 15.5 Å². The smallest absolute Gasteiger partial charge is 0.316 e. The van der Waals surface area contributed by atoms with Crippen molar-refractivity contribution in [2.75, 3.05) is 27.2 Å². The van der Waals surface area contributed by atoms with E-state index >= 15 is 0 Å². The van der Waals surface area contributed by atoms with Crippen LogP contribution in [0.2, 0.25) is 5.15 Å². The first kappa shape index (κ1) is 16.6. The van der Waals surface area contributed by atoms with Crippen molar-refractivity contribution in [2.24, 2.45) is 0 Å². The highest BCUT2D eigenvalue weighted by molar-refractivity contribution is 6.32. The van der Waals surface area contributed by atoms with E-state index in [1.807, 2.05) is 0 Å². The lowest BCUT2D eigenvalue weighted by atomic mass is 10.2. The molecule has 0 saturated heterocycles. The molecule has 0 spiro atoms. The van der Waals surface area contributed by atoms with Crippen molar-refractivity contribution in [3.05, 3.63) is 33.1 Å². The van der Waals surface area contributed by atoms with Crippen LogP contribution in [0.4, 0.5) is 10.5 Å². The number of carbonyl (C=O) groups excluding carboxylic acids is 2. The molecule has 0 atom stereocenters. The highest BCUT2D eigenvalue weighted by Crippen LogP contribution is 2.18. The van der Waals surface area contributed by atoms with Crippen LogP contribution in [-0.2, 0) is 0 Å². The molecule has 0 saturated carbocycles. The van der Waals surface area contributed by atoms with Gasteiger partial charge in [0.1, 0.15) is 11.3 Å². The minimum atomic E-state index is -0.669. The average molecular weight is 316 g/mol. The summed E-state index contributed by atoms with van der Waals surface area (Å²) in [6.07, 6.45) is 0.969. The Bertz CT molecular complexity index is 564. The second-order valence-electron chi connectivity index (χ2n) is 4.17. The zero-order valence-electron chi connectivity index (χ0n) is 11.4. The molecule has 1 rings (SSSR count). The first-order valence-corrected chi connectivity index (χ1v) is 6.24. The SMILES string of the molecule is CN(C)C(=O)NCCNC(=O)c1cc([N+](=O)[O-])cnc1Cl. The summed E-state index contributed by atoms with van der Waals surface area (Å²) in [6, 6.07) is 0.752. The molecule has 0 fully saturated rings. The maximum Gasteiger partial charge on any atom is 0.316 e. The van der Waals surface area contributed by atoms with Gasteiger partial charge in [-0.15, -0.1) is 0 Å². The van der Waals surface area contributed by atoms with Crippen molar-refractivity contribution in [1.29, 1.82) is 0 Å². The summed E-state index contributed by atoms with van der Waals surface area (Å²) in [5, 5.41) is 15.5. The molecule has 1 aromatic rings. The van der Waals surface area contributed by atoms with E-state index in [1.165, 1.54) is 4.90 Å². The third kappa shape index (κ3) is 4.88. The molecule has 3 amide bonds. The molecule has 0 radical (unpaired) electrons.